The average molecular weight is 263 g/mol. The van der Waals surface area contributed by atoms with Crippen molar-refractivity contribution in [1.29, 1.82) is 0 Å². The Morgan fingerprint density at radius 2 is 2.16 bits per heavy atom. The standard InChI is InChI=1S/C14H17NO4/c1-9(2)7-11-12(8-15(17)18)10-5-3-4-6-13(10)19-14(11)16/h3-7,11-12,14,16H,8H2,1-2H3/t11-,12-,14?/m0/s1. The Morgan fingerprint density at radius 1 is 1.47 bits per heavy atom. The Balaban J connectivity index is 2.44. The molecule has 1 aromatic carbocycles. The van der Waals surface area contributed by atoms with Crippen LogP contribution in [0.15, 0.2) is 35.9 Å². The van der Waals surface area contributed by atoms with Gasteiger partial charge in [0.2, 0.25) is 12.8 Å². The lowest BCUT2D eigenvalue weighted by atomic mass is 9.82. The van der Waals surface area contributed by atoms with Crippen LogP contribution in [0.4, 0.5) is 0 Å². The fourth-order valence-electron chi connectivity index (χ4n) is 2.47. The number of allylic oxidation sites excluding steroid dienone is 1. The molecule has 0 radical (unpaired) electrons. The van der Waals surface area contributed by atoms with Crippen molar-refractivity contribution in [2.24, 2.45) is 5.92 Å². The van der Waals surface area contributed by atoms with Gasteiger partial charge in [-0.1, -0.05) is 29.8 Å². The summed E-state index contributed by atoms with van der Waals surface area (Å²) in [4.78, 5) is 10.5. The zero-order chi connectivity index (χ0) is 14.0. The third-order valence-corrected chi connectivity index (χ3v) is 3.23. The van der Waals surface area contributed by atoms with E-state index in [0.29, 0.717) is 5.75 Å². The molecule has 0 aromatic heterocycles. The van der Waals surface area contributed by atoms with Crippen LogP contribution in [-0.4, -0.2) is 22.9 Å². The fourth-order valence-corrected chi connectivity index (χ4v) is 2.47. The summed E-state index contributed by atoms with van der Waals surface area (Å²) in [5, 5.41) is 20.9. The molecular weight excluding hydrogens is 246 g/mol. The molecular formula is C14H17NO4. The summed E-state index contributed by atoms with van der Waals surface area (Å²) in [5.41, 5.74) is 1.78. The Bertz CT molecular complexity index is 508. The molecule has 0 bridgehead atoms. The van der Waals surface area contributed by atoms with Crippen molar-refractivity contribution in [2.45, 2.75) is 26.1 Å². The van der Waals surface area contributed by atoms with Gasteiger partial charge in [0.1, 0.15) is 5.75 Å². The number of rotatable bonds is 3. The molecule has 0 fully saturated rings. The van der Waals surface area contributed by atoms with Gasteiger partial charge in [-0.2, -0.15) is 0 Å². The highest BCUT2D eigenvalue weighted by Crippen LogP contribution is 2.40. The minimum atomic E-state index is -1.05. The van der Waals surface area contributed by atoms with Gasteiger partial charge in [-0.15, -0.1) is 0 Å². The van der Waals surface area contributed by atoms with E-state index in [0.717, 1.165) is 11.1 Å². The largest absolute Gasteiger partial charge is 0.464 e. The Morgan fingerprint density at radius 3 is 2.79 bits per heavy atom. The van der Waals surface area contributed by atoms with Crippen molar-refractivity contribution in [1.82, 2.24) is 0 Å². The van der Waals surface area contributed by atoms with Crippen LogP contribution in [0.3, 0.4) is 0 Å². The molecule has 3 atom stereocenters. The lowest BCUT2D eigenvalue weighted by Crippen LogP contribution is -2.37. The number of nitrogens with zero attached hydrogens (tertiary/aromatic N) is 1. The first-order valence-corrected chi connectivity index (χ1v) is 6.19. The summed E-state index contributed by atoms with van der Waals surface area (Å²) in [6.45, 7) is 3.58. The number of para-hydroxylation sites is 1. The molecule has 0 aliphatic carbocycles. The second-order valence-corrected chi connectivity index (χ2v) is 4.99. The van der Waals surface area contributed by atoms with Gasteiger partial charge in [0, 0.05) is 10.5 Å². The molecule has 0 saturated heterocycles. The van der Waals surface area contributed by atoms with Crippen molar-refractivity contribution < 1.29 is 14.8 Å². The van der Waals surface area contributed by atoms with E-state index >= 15 is 0 Å². The van der Waals surface area contributed by atoms with Gasteiger partial charge in [0.05, 0.1) is 11.8 Å². The van der Waals surface area contributed by atoms with E-state index in [1.807, 2.05) is 32.1 Å². The summed E-state index contributed by atoms with van der Waals surface area (Å²) in [5.74, 6) is -0.240. The van der Waals surface area contributed by atoms with Gasteiger partial charge in [-0.3, -0.25) is 10.1 Å². The van der Waals surface area contributed by atoms with E-state index in [-0.39, 0.29) is 17.4 Å². The molecule has 2 rings (SSSR count). The minimum absolute atomic E-state index is 0.216. The number of hydrogen-bond acceptors (Lipinski definition) is 4. The lowest BCUT2D eigenvalue weighted by Gasteiger charge is -2.33. The number of ether oxygens (including phenoxy) is 1. The highest BCUT2D eigenvalue weighted by atomic mass is 16.6. The van der Waals surface area contributed by atoms with Gasteiger partial charge in [0.15, 0.2) is 0 Å². The van der Waals surface area contributed by atoms with Crippen LogP contribution >= 0.6 is 0 Å². The van der Waals surface area contributed by atoms with Crippen LogP contribution in [0, 0.1) is 16.0 Å². The number of fused-ring (bicyclic) bond motifs is 1. The zero-order valence-electron chi connectivity index (χ0n) is 10.9. The number of aliphatic hydroxyl groups excluding tert-OH is 1. The van der Waals surface area contributed by atoms with Gasteiger partial charge in [-0.05, 0) is 19.9 Å². The first kappa shape index (κ1) is 13.5. The predicted octanol–water partition coefficient (Wildman–Crippen LogP) is 2.34. The molecule has 5 heteroatoms. The molecule has 0 amide bonds. The van der Waals surface area contributed by atoms with E-state index in [2.05, 4.69) is 0 Å². The van der Waals surface area contributed by atoms with Crippen molar-refractivity contribution in [3.05, 3.63) is 51.6 Å². The molecule has 1 heterocycles. The Hall–Kier alpha value is -1.88. The van der Waals surface area contributed by atoms with Crippen LogP contribution in [-0.2, 0) is 0 Å². The average Bonchev–Trinajstić information content (AvgIpc) is 2.32. The maximum absolute atomic E-state index is 10.9. The molecule has 0 saturated carbocycles. The second-order valence-electron chi connectivity index (χ2n) is 4.99. The smallest absolute Gasteiger partial charge is 0.211 e. The van der Waals surface area contributed by atoms with Crippen LogP contribution < -0.4 is 4.74 Å². The van der Waals surface area contributed by atoms with E-state index < -0.39 is 12.2 Å². The predicted molar refractivity (Wildman–Crippen MR) is 70.6 cm³/mol. The zero-order valence-corrected chi connectivity index (χ0v) is 10.9. The lowest BCUT2D eigenvalue weighted by molar-refractivity contribution is -0.485. The fraction of sp³-hybridized carbons (Fsp3) is 0.429. The van der Waals surface area contributed by atoms with E-state index in [4.69, 9.17) is 4.74 Å². The van der Waals surface area contributed by atoms with Gasteiger partial charge in [-0.25, -0.2) is 0 Å². The number of aliphatic hydroxyl groups is 1. The summed E-state index contributed by atoms with van der Waals surface area (Å²) in [6, 6.07) is 7.16. The second kappa shape index (κ2) is 5.40. The van der Waals surface area contributed by atoms with Crippen LogP contribution in [0.25, 0.3) is 0 Å². The van der Waals surface area contributed by atoms with Crippen molar-refractivity contribution >= 4 is 0 Å². The normalized spacial score (nSPS) is 25.1. The maximum Gasteiger partial charge on any atom is 0.211 e. The molecule has 1 aliphatic rings. The van der Waals surface area contributed by atoms with Gasteiger partial charge in [0.25, 0.3) is 0 Å². The molecule has 0 spiro atoms. The molecule has 1 N–H and O–H groups in total. The number of nitro groups is 1. The van der Waals surface area contributed by atoms with Gasteiger partial charge < -0.3 is 9.84 Å². The van der Waals surface area contributed by atoms with Crippen molar-refractivity contribution in [3.63, 3.8) is 0 Å². The van der Waals surface area contributed by atoms with Crippen LogP contribution in [0.5, 0.6) is 5.75 Å². The van der Waals surface area contributed by atoms with Crippen LogP contribution in [0.2, 0.25) is 0 Å². The van der Waals surface area contributed by atoms with Gasteiger partial charge >= 0.3 is 0 Å². The quantitative estimate of drug-likeness (QED) is 0.516. The Labute approximate surface area is 111 Å². The van der Waals surface area contributed by atoms with Crippen molar-refractivity contribution in [3.8, 4) is 5.75 Å². The maximum atomic E-state index is 10.9. The highest BCUT2D eigenvalue weighted by molar-refractivity contribution is 5.39. The molecule has 102 valence electrons. The van der Waals surface area contributed by atoms with E-state index in [1.54, 1.807) is 12.1 Å². The molecule has 19 heavy (non-hydrogen) atoms. The van der Waals surface area contributed by atoms with E-state index in [1.165, 1.54) is 0 Å². The molecule has 1 aliphatic heterocycles. The van der Waals surface area contributed by atoms with Crippen molar-refractivity contribution in [2.75, 3.05) is 6.54 Å². The first-order valence-electron chi connectivity index (χ1n) is 6.19. The third-order valence-electron chi connectivity index (χ3n) is 3.23. The van der Waals surface area contributed by atoms with Crippen LogP contribution in [0.1, 0.15) is 25.3 Å². The highest BCUT2D eigenvalue weighted by Gasteiger charge is 2.38. The third kappa shape index (κ3) is 2.93. The molecule has 5 nitrogen and oxygen atoms in total. The first-order chi connectivity index (χ1) is 8.99. The Kier molecular flexibility index (Phi) is 3.85. The summed E-state index contributed by atoms with van der Waals surface area (Å²) in [6.07, 6.45) is 0.796. The topological polar surface area (TPSA) is 72.6 Å². The molecule has 1 unspecified atom stereocenters. The summed E-state index contributed by atoms with van der Waals surface area (Å²) >= 11 is 0. The summed E-state index contributed by atoms with van der Waals surface area (Å²) in [7, 11) is 0. The summed E-state index contributed by atoms with van der Waals surface area (Å²) < 4.78 is 5.45. The SMILES string of the molecule is CC(C)=C[C@@H]1C(O)Oc2ccccc2[C@@H]1C[N+](=O)[O-]. The monoisotopic (exact) mass is 263 g/mol. The minimum Gasteiger partial charge on any atom is -0.464 e. The van der Waals surface area contributed by atoms with E-state index in [9.17, 15) is 15.2 Å². The molecule has 1 aromatic rings. The number of benzene rings is 1. The number of hydrogen-bond donors (Lipinski definition) is 1.